The van der Waals surface area contributed by atoms with Crippen molar-refractivity contribution in [1.82, 2.24) is 9.78 Å². The molecule has 1 aliphatic carbocycles. The number of aryl methyl sites for hydroxylation is 2. The second-order valence-electron chi connectivity index (χ2n) is 6.61. The number of hydrogen-bond acceptors (Lipinski definition) is 3. The van der Waals surface area contributed by atoms with E-state index >= 15 is 0 Å². The molecule has 0 saturated heterocycles. The lowest BCUT2D eigenvalue weighted by atomic mass is 9.73. The van der Waals surface area contributed by atoms with Crippen molar-refractivity contribution in [3.05, 3.63) is 17.5 Å². The van der Waals surface area contributed by atoms with Crippen molar-refractivity contribution in [1.29, 1.82) is 0 Å². The molecule has 2 rings (SSSR count). The smallest absolute Gasteiger partial charge is 0.0838 e. The molecule has 4 nitrogen and oxygen atoms in total. The molecule has 1 saturated carbocycles. The van der Waals surface area contributed by atoms with Gasteiger partial charge in [0.25, 0.3) is 0 Å². The molecule has 4 heteroatoms. The van der Waals surface area contributed by atoms with Gasteiger partial charge in [-0.25, -0.2) is 0 Å². The third-order valence-electron chi connectivity index (χ3n) is 4.92. The Morgan fingerprint density at radius 3 is 2.86 bits per heavy atom. The molecular weight excluding hydrogens is 262 g/mol. The highest BCUT2D eigenvalue weighted by Crippen LogP contribution is 2.38. The van der Waals surface area contributed by atoms with Crippen molar-refractivity contribution in [3.63, 3.8) is 0 Å². The summed E-state index contributed by atoms with van der Waals surface area (Å²) in [5.74, 6) is 0.703. The van der Waals surface area contributed by atoms with Crippen LogP contribution in [0.1, 0.15) is 57.8 Å². The Morgan fingerprint density at radius 1 is 1.52 bits per heavy atom. The molecule has 0 radical (unpaired) electrons. The number of nitrogens with two attached hydrogens (primary N) is 1. The summed E-state index contributed by atoms with van der Waals surface area (Å²) in [5, 5.41) is 4.53. The van der Waals surface area contributed by atoms with Gasteiger partial charge in [0, 0.05) is 31.8 Å². The Labute approximate surface area is 129 Å². The summed E-state index contributed by atoms with van der Waals surface area (Å²) in [4.78, 5) is 0. The van der Waals surface area contributed by atoms with Gasteiger partial charge in [0.05, 0.1) is 11.3 Å². The summed E-state index contributed by atoms with van der Waals surface area (Å²) in [6, 6.07) is 2.23. The summed E-state index contributed by atoms with van der Waals surface area (Å²) >= 11 is 0. The SMILES string of the molecule is CCOC1(C(N)Cc2cc(CC)nn2C)CCCC(C)C1. The predicted octanol–water partition coefficient (Wildman–Crippen LogP) is 2.84. The van der Waals surface area contributed by atoms with Gasteiger partial charge in [0.1, 0.15) is 0 Å². The molecule has 1 heterocycles. The van der Waals surface area contributed by atoms with E-state index in [9.17, 15) is 0 Å². The van der Waals surface area contributed by atoms with Crippen LogP contribution in [0.5, 0.6) is 0 Å². The maximum atomic E-state index is 6.62. The Kier molecular flexibility index (Phi) is 5.44. The highest BCUT2D eigenvalue weighted by Gasteiger charge is 2.41. The second-order valence-corrected chi connectivity index (χ2v) is 6.61. The summed E-state index contributed by atoms with van der Waals surface area (Å²) < 4.78 is 8.17. The van der Waals surface area contributed by atoms with Crippen molar-refractivity contribution in [3.8, 4) is 0 Å². The first-order chi connectivity index (χ1) is 10.0. The van der Waals surface area contributed by atoms with Crippen LogP contribution in [0.4, 0.5) is 0 Å². The lowest BCUT2D eigenvalue weighted by Gasteiger charge is -2.44. The fourth-order valence-corrected chi connectivity index (χ4v) is 3.75. The van der Waals surface area contributed by atoms with Crippen molar-refractivity contribution in [2.75, 3.05) is 6.61 Å². The standard InChI is InChI=1S/C17H31N3O/c1-5-14-10-15(20(4)19-14)11-16(18)17(21-6-2)9-7-8-13(3)12-17/h10,13,16H,5-9,11-12,18H2,1-4H3. The fourth-order valence-electron chi connectivity index (χ4n) is 3.75. The monoisotopic (exact) mass is 293 g/mol. The highest BCUT2D eigenvalue weighted by molar-refractivity contribution is 5.13. The summed E-state index contributed by atoms with van der Waals surface area (Å²) in [5.41, 5.74) is 8.83. The molecule has 3 unspecified atom stereocenters. The zero-order chi connectivity index (χ0) is 15.5. The van der Waals surface area contributed by atoms with E-state index in [1.165, 1.54) is 18.5 Å². The molecule has 0 aromatic carbocycles. The lowest BCUT2D eigenvalue weighted by Crippen LogP contribution is -2.54. The van der Waals surface area contributed by atoms with Crippen LogP contribution in [-0.4, -0.2) is 28.0 Å². The quantitative estimate of drug-likeness (QED) is 0.877. The molecular formula is C17H31N3O. The van der Waals surface area contributed by atoms with Crippen LogP contribution in [0.2, 0.25) is 0 Å². The lowest BCUT2D eigenvalue weighted by molar-refractivity contribution is -0.0927. The van der Waals surface area contributed by atoms with Gasteiger partial charge in [0.15, 0.2) is 0 Å². The number of aromatic nitrogens is 2. The first kappa shape index (κ1) is 16.5. The van der Waals surface area contributed by atoms with E-state index in [1.54, 1.807) is 0 Å². The largest absolute Gasteiger partial charge is 0.374 e. The summed E-state index contributed by atoms with van der Waals surface area (Å²) in [6.07, 6.45) is 6.51. The predicted molar refractivity (Wildman–Crippen MR) is 86.3 cm³/mol. The third kappa shape index (κ3) is 3.67. The van der Waals surface area contributed by atoms with E-state index in [0.29, 0.717) is 5.92 Å². The molecule has 1 aliphatic rings. The summed E-state index contributed by atoms with van der Waals surface area (Å²) in [7, 11) is 2.01. The molecule has 0 bridgehead atoms. The molecule has 2 N–H and O–H groups in total. The fraction of sp³-hybridized carbons (Fsp3) is 0.824. The molecule has 21 heavy (non-hydrogen) atoms. The molecule has 0 amide bonds. The van der Waals surface area contributed by atoms with Gasteiger partial charge < -0.3 is 10.5 Å². The van der Waals surface area contributed by atoms with Gasteiger partial charge in [-0.05, 0) is 38.2 Å². The Bertz CT molecular complexity index is 453. The van der Waals surface area contributed by atoms with Crippen molar-refractivity contribution < 1.29 is 4.74 Å². The van der Waals surface area contributed by atoms with E-state index in [1.807, 2.05) is 11.7 Å². The van der Waals surface area contributed by atoms with Crippen LogP contribution in [-0.2, 0) is 24.6 Å². The van der Waals surface area contributed by atoms with Gasteiger partial charge in [-0.15, -0.1) is 0 Å². The molecule has 120 valence electrons. The van der Waals surface area contributed by atoms with E-state index in [2.05, 4.69) is 31.9 Å². The average Bonchev–Trinajstić information content (AvgIpc) is 2.79. The Balaban J connectivity index is 2.14. The number of hydrogen-bond donors (Lipinski definition) is 1. The zero-order valence-corrected chi connectivity index (χ0v) is 14.1. The topological polar surface area (TPSA) is 53.1 Å². The van der Waals surface area contributed by atoms with Crippen LogP contribution in [0.3, 0.4) is 0 Å². The van der Waals surface area contributed by atoms with Crippen molar-refractivity contribution in [2.24, 2.45) is 18.7 Å². The van der Waals surface area contributed by atoms with Crippen molar-refractivity contribution >= 4 is 0 Å². The number of ether oxygens (including phenoxy) is 1. The Hall–Kier alpha value is -0.870. The molecule has 3 atom stereocenters. The maximum Gasteiger partial charge on any atom is 0.0838 e. The number of nitrogens with zero attached hydrogens (tertiary/aromatic N) is 2. The first-order valence-electron chi connectivity index (χ1n) is 8.42. The van der Waals surface area contributed by atoms with Gasteiger partial charge in [-0.2, -0.15) is 5.10 Å². The van der Waals surface area contributed by atoms with Crippen molar-refractivity contribution in [2.45, 2.75) is 70.9 Å². The van der Waals surface area contributed by atoms with Gasteiger partial charge in [-0.3, -0.25) is 4.68 Å². The normalized spacial score (nSPS) is 27.8. The molecule has 1 aromatic heterocycles. The van der Waals surface area contributed by atoms with Crippen LogP contribution in [0, 0.1) is 5.92 Å². The average molecular weight is 293 g/mol. The molecule has 1 fully saturated rings. The molecule has 0 aliphatic heterocycles. The molecule has 1 aromatic rings. The second kappa shape index (κ2) is 6.93. The first-order valence-corrected chi connectivity index (χ1v) is 8.42. The minimum absolute atomic E-state index is 0.0420. The highest BCUT2D eigenvalue weighted by atomic mass is 16.5. The Morgan fingerprint density at radius 2 is 2.29 bits per heavy atom. The van der Waals surface area contributed by atoms with Crippen LogP contribution in [0.25, 0.3) is 0 Å². The van der Waals surface area contributed by atoms with E-state index in [-0.39, 0.29) is 11.6 Å². The minimum Gasteiger partial charge on any atom is -0.374 e. The van der Waals surface area contributed by atoms with E-state index < -0.39 is 0 Å². The van der Waals surface area contributed by atoms with Crippen LogP contribution >= 0.6 is 0 Å². The van der Waals surface area contributed by atoms with Gasteiger partial charge in [0.2, 0.25) is 0 Å². The minimum atomic E-state index is -0.150. The van der Waals surface area contributed by atoms with Gasteiger partial charge in [-0.1, -0.05) is 26.7 Å². The van der Waals surface area contributed by atoms with Crippen LogP contribution in [0.15, 0.2) is 6.07 Å². The molecule has 0 spiro atoms. The summed E-state index contributed by atoms with van der Waals surface area (Å²) in [6.45, 7) is 7.27. The van der Waals surface area contributed by atoms with E-state index in [4.69, 9.17) is 10.5 Å². The van der Waals surface area contributed by atoms with Gasteiger partial charge >= 0.3 is 0 Å². The maximum absolute atomic E-state index is 6.62. The van der Waals surface area contributed by atoms with E-state index in [0.717, 1.165) is 38.0 Å². The zero-order valence-electron chi connectivity index (χ0n) is 14.1. The number of rotatable bonds is 6. The van der Waals surface area contributed by atoms with Crippen LogP contribution < -0.4 is 5.73 Å². The third-order valence-corrected chi connectivity index (χ3v) is 4.92.